The molecule has 1 heterocycles. The topological polar surface area (TPSA) is 86.6 Å². The molecular weight excluding hydrogens is 422 g/mol. The van der Waals surface area contributed by atoms with Crippen molar-refractivity contribution in [1.29, 1.82) is 0 Å². The Kier molecular flexibility index (Phi) is 15.4. The molecule has 9 heteroatoms. The van der Waals surface area contributed by atoms with Gasteiger partial charge in [-0.25, -0.2) is 0 Å². The van der Waals surface area contributed by atoms with Crippen LogP contribution in [-0.4, -0.2) is 63.2 Å². The largest absolute Gasteiger partial charge is 0.394 e. The van der Waals surface area contributed by atoms with Crippen molar-refractivity contribution in [3.8, 4) is 0 Å². The molecule has 1 aliphatic heterocycles. The van der Waals surface area contributed by atoms with Crippen molar-refractivity contribution in [1.82, 2.24) is 5.32 Å². The fourth-order valence-electron chi connectivity index (χ4n) is 2.56. The molecule has 3 atom stereocenters. The first-order chi connectivity index (χ1) is 13.0. The van der Waals surface area contributed by atoms with E-state index in [1.807, 2.05) is 21.6 Å². The predicted octanol–water partition coefficient (Wildman–Crippen LogP) is 3.68. The number of unbranched alkanes of at least 4 members (excludes halogenated alkanes) is 1. The predicted molar refractivity (Wildman–Crippen MR) is 121 cm³/mol. The molecule has 0 saturated carbocycles. The molecule has 0 unspecified atom stereocenters. The fourth-order valence-corrected chi connectivity index (χ4v) is 7.67. The number of carbonyl (C=O) groups excluding carboxylic acids is 2. The first-order valence-corrected chi connectivity index (χ1v) is 14.5. The van der Waals surface area contributed by atoms with Crippen LogP contribution in [-0.2, 0) is 9.59 Å². The van der Waals surface area contributed by atoms with Crippen LogP contribution in [0.4, 0.5) is 0 Å². The second kappa shape index (κ2) is 16.3. The zero-order valence-electron chi connectivity index (χ0n) is 16.1. The van der Waals surface area contributed by atoms with Gasteiger partial charge in [0.2, 0.25) is 5.91 Å². The second-order valence-electron chi connectivity index (χ2n) is 6.71. The van der Waals surface area contributed by atoms with Crippen LogP contribution in [0.15, 0.2) is 0 Å². The number of hydrogen-bond donors (Lipinski definition) is 3. The summed E-state index contributed by atoms with van der Waals surface area (Å²) >= 11 is 0. The van der Waals surface area contributed by atoms with Crippen LogP contribution in [0.25, 0.3) is 0 Å². The molecule has 3 N–H and O–H groups in total. The van der Waals surface area contributed by atoms with Gasteiger partial charge in [0, 0.05) is 41.8 Å². The standard InChI is InChI=1S/C18H33NO4S4/c1-14(21)17(13-20)19-18(23)9-12-25-24-10-4-6-15(22)5-2-3-7-16-8-11-26-27-16/h14,16-17,20-21H,2-13H2,1H3,(H,19,23)/t14-,16-,17-/m1/s1. The van der Waals surface area contributed by atoms with Crippen LogP contribution in [0.1, 0.15) is 58.3 Å². The maximum absolute atomic E-state index is 11.9. The van der Waals surface area contributed by atoms with Gasteiger partial charge in [-0.2, -0.15) is 0 Å². The Bertz CT molecular complexity index is 420. The number of ketones is 1. The normalized spacial score (nSPS) is 19.0. The average molecular weight is 456 g/mol. The van der Waals surface area contributed by atoms with E-state index >= 15 is 0 Å². The molecule has 0 bridgehead atoms. The van der Waals surface area contributed by atoms with E-state index in [4.69, 9.17) is 5.11 Å². The summed E-state index contributed by atoms with van der Waals surface area (Å²) in [5, 5.41) is 21.9. The minimum absolute atomic E-state index is 0.159. The number of rotatable bonds is 16. The van der Waals surface area contributed by atoms with Gasteiger partial charge >= 0.3 is 0 Å². The van der Waals surface area contributed by atoms with Crippen molar-refractivity contribution >= 4 is 54.9 Å². The lowest BCUT2D eigenvalue weighted by molar-refractivity contribution is -0.122. The minimum atomic E-state index is -0.765. The SMILES string of the molecule is C[C@@H](O)[C@@H](CO)NC(=O)CCSSCCCC(=O)CCCC[C@@H]1CCSS1. The molecular formula is C18H33NO4S4. The Hall–Kier alpha value is 0.460. The van der Waals surface area contributed by atoms with Crippen molar-refractivity contribution < 1.29 is 19.8 Å². The fraction of sp³-hybridized carbons (Fsp3) is 0.889. The van der Waals surface area contributed by atoms with Crippen LogP contribution in [0, 0.1) is 0 Å². The van der Waals surface area contributed by atoms with E-state index in [9.17, 15) is 14.7 Å². The molecule has 1 amide bonds. The van der Waals surface area contributed by atoms with E-state index in [0.29, 0.717) is 24.4 Å². The van der Waals surface area contributed by atoms with Gasteiger partial charge < -0.3 is 15.5 Å². The third-order valence-corrected chi connectivity index (χ3v) is 9.76. The Morgan fingerprint density at radius 2 is 1.89 bits per heavy atom. The molecule has 27 heavy (non-hydrogen) atoms. The van der Waals surface area contributed by atoms with E-state index in [-0.39, 0.29) is 12.5 Å². The van der Waals surface area contributed by atoms with Crippen LogP contribution < -0.4 is 5.32 Å². The third-order valence-electron chi connectivity index (χ3n) is 4.26. The summed E-state index contributed by atoms with van der Waals surface area (Å²) in [6, 6.07) is -0.600. The monoisotopic (exact) mass is 455 g/mol. The van der Waals surface area contributed by atoms with Crippen molar-refractivity contribution in [2.24, 2.45) is 0 Å². The Balaban J connectivity index is 1.88. The molecule has 0 spiro atoms. The lowest BCUT2D eigenvalue weighted by Crippen LogP contribution is -2.44. The van der Waals surface area contributed by atoms with Gasteiger partial charge in [-0.15, -0.1) is 0 Å². The zero-order valence-corrected chi connectivity index (χ0v) is 19.3. The molecule has 5 nitrogen and oxygen atoms in total. The molecule has 1 saturated heterocycles. The van der Waals surface area contributed by atoms with Crippen LogP contribution >= 0.6 is 43.2 Å². The van der Waals surface area contributed by atoms with Gasteiger partial charge in [-0.1, -0.05) is 49.6 Å². The molecule has 1 aliphatic rings. The van der Waals surface area contributed by atoms with Crippen LogP contribution in [0.5, 0.6) is 0 Å². The molecule has 0 aliphatic carbocycles. The maximum atomic E-state index is 11.9. The molecule has 1 fully saturated rings. The van der Waals surface area contributed by atoms with Crippen molar-refractivity contribution in [3.63, 3.8) is 0 Å². The summed E-state index contributed by atoms with van der Waals surface area (Å²) in [6.07, 6.45) is 6.64. The number of Topliss-reactive ketones (excluding diaryl/α,β-unsaturated/α-hetero) is 1. The van der Waals surface area contributed by atoms with Crippen LogP contribution in [0.2, 0.25) is 0 Å². The molecule has 1 rings (SSSR count). The highest BCUT2D eigenvalue weighted by molar-refractivity contribution is 8.77. The first-order valence-electron chi connectivity index (χ1n) is 9.65. The number of aliphatic hydroxyl groups excluding tert-OH is 2. The lowest BCUT2D eigenvalue weighted by Gasteiger charge is -2.18. The maximum Gasteiger partial charge on any atom is 0.221 e. The Morgan fingerprint density at radius 1 is 1.15 bits per heavy atom. The van der Waals surface area contributed by atoms with Gasteiger partial charge in [0.15, 0.2) is 0 Å². The summed E-state index contributed by atoms with van der Waals surface area (Å²) in [4.78, 5) is 23.6. The van der Waals surface area contributed by atoms with E-state index in [1.165, 1.54) is 25.0 Å². The smallest absolute Gasteiger partial charge is 0.221 e. The summed E-state index contributed by atoms with van der Waals surface area (Å²) in [5.41, 5.74) is 0. The molecule has 0 aromatic heterocycles. The lowest BCUT2D eigenvalue weighted by atomic mass is 10.1. The first kappa shape index (κ1) is 25.5. The molecule has 0 radical (unpaired) electrons. The number of hydrogen-bond acceptors (Lipinski definition) is 8. The summed E-state index contributed by atoms with van der Waals surface area (Å²) in [5.74, 6) is 3.09. The van der Waals surface area contributed by atoms with Crippen LogP contribution in [0.3, 0.4) is 0 Å². The van der Waals surface area contributed by atoms with E-state index < -0.39 is 12.1 Å². The van der Waals surface area contributed by atoms with Gasteiger partial charge in [0.25, 0.3) is 0 Å². The van der Waals surface area contributed by atoms with Crippen molar-refractivity contribution in [2.75, 3.05) is 23.9 Å². The molecule has 158 valence electrons. The highest BCUT2D eigenvalue weighted by Gasteiger charge is 2.16. The van der Waals surface area contributed by atoms with Gasteiger partial charge in [0.05, 0.1) is 18.8 Å². The highest BCUT2D eigenvalue weighted by atomic mass is 33.1. The zero-order chi connectivity index (χ0) is 19.9. The Labute approximate surface area is 179 Å². The number of nitrogens with one attached hydrogen (secondary N) is 1. The van der Waals surface area contributed by atoms with E-state index in [2.05, 4.69) is 5.32 Å². The summed E-state index contributed by atoms with van der Waals surface area (Å²) in [7, 11) is 7.31. The number of amides is 1. The number of aliphatic hydroxyl groups is 2. The third kappa shape index (κ3) is 13.3. The molecule has 0 aromatic rings. The van der Waals surface area contributed by atoms with Crippen molar-refractivity contribution in [2.45, 2.75) is 75.7 Å². The minimum Gasteiger partial charge on any atom is -0.394 e. The molecule has 0 aromatic carbocycles. The quantitative estimate of drug-likeness (QED) is 0.240. The van der Waals surface area contributed by atoms with Gasteiger partial charge in [-0.3, -0.25) is 9.59 Å². The van der Waals surface area contributed by atoms with Crippen molar-refractivity contribution in [3.05, 3.63) is 0 Å². The van der Waals surface area contributed by atoms with Gasteiger partial charge in [-0.05, 0) is 32.6 Å². The van der Waals surface area contributed by atoms with E-state index in [1.54, 1.807) is 28.5 Å². The summed E-state index contributed by atoms with van der Waals surface area (Å²) in [6.45, 7) is 1.28. The highest BCUT2D eigenvalue weighted by Crippen LogP contribution is 2.39. The number of carbonyl (C=O) groups is 2. The van der Waals surface area contributed by atoms with E-state index in [0.717, 1.165) is 30.3 Å². The second-order valence-corrected chi connectivity index (χ2v) is 12.2. The average Bonchev–Trinajstić information content (AvgIpc) is 3.15. The van der Waals surface area contributed by atoms with Gasteiger partial charge in [0.1, 0.15) is 5.78 Å². The Morgan fingerprint density at radius 3 is 2.56 bits per heavy atom. The summed E-state index contributed by atoms with van der Waals surface area (Å²) < 4.78 is 0.